The van der Waals surface area contributed by atoms with Gasteiger partial charge >= 0.3 is 12.4 Å². The summed E-state index contributed by atoms with van der Waals surface area (Å²) in [6, 6.07) is 6.26. The zero-order valence-corrected chi connectivity index (χ0v) is 9.92. The fraction of sp³-hybridized carbons (Fsp3) is 0.333. The van der Waals surface area contributed by atoms with Gasteiger partial charge in [0.25, 0.3) is 0 Å². The standard InChI is InChI=1S/C12H10F6O2/c13-11(14,15)7-20-6-9(19)10(12(16,17)18)8-4-2-1-3-5-8/h1-5,19H,6-7H2. The maximum absolute atomic E-state index is 12.8. The van der Waals surface area contributed by atoms with E-state index >= 15 is 0 Å². The Morgan fingerprint density at radius 1 is 1.00 bits per heavy atom. The highest BCUT2D eigenvalue weighted by atomic mass is 19.4. The summed E-state index contributed by atoms with van der Waals surface area (Å²) in [6.07, 6.45) is -9.58. The lowest BCUT2D eigenvalue weighted by Crippen LogP contribution is -2.20. The monoisotopic (exact) mass is 300 g/mol. The van der Waals surface area contributed by atoms with Crippen LogP contribution in [0.15, 0.2) is 36.1 Å². The van der Waals surface area contributed by atoms with E-state index in [1.54, 1.807) is 0 Å². The minimum Gasteiger partial charge on any atom is -0.509 e. The fourth-order valence-electron chi connectivity index (χ4n) is 1.43. The SMILES string of the molecule is OC(COCC(F)(F)F)=C(c1ccccc1)C(F)(F)F. The molecule has 1 aromatic carbocycles. The van der Waals surface area contributed by atoms with Gasteiger partial charge in [0.1, 0.15) is 24.5 Å². The molecule has 20 heavy (non-hydrogen) atoms. The lowest BCUT2D eigenvalue weighted by Gasteiger charge is -2.15. The molecule has 0 saturated carbocycles. The molecule has 8 heteroatoms. The Morgan fingerprint density at radius 2 is 1.55 bits per heavy atom. The van der Waals surface area contributed by atoms with Crippen LogP contribution in [0.3, 0.4) is 0 Å². The Labute approximate surface area is 110 Å². The lowest BCUT2D eigenvalue weighted by atomic mass is 10.0. The molecule has 0 heterocycles. The number of alkyl halides is 6. The highest BCUT2D eigenvalue weighted by Crippen LogP contribution is 2.35. The van der Waals surface area contributed by atoms with Gasteiger partial charge in [0, 0.05) is 0 Å². The van der Waals surface area contributed by atoms with E-state index in [1.165, 1.54) is 18.2 Å². The van der Waals surface area contributed by atoms with Crippen molar-refractivity contribution in [2.45, 2.75) is 12.4 Å². The second kappa shape index (κ2) is 6.17. The normalized spacial score (nSPS) is 14.1. The zero-order valence-electron chi connectivity index (χ0n) is 9.92. The van der Waals surface area contributed by atoms with Crippen LogP contribution in [0.4, 0.5) is 26.3 Å². The first kappa shape index (κ1) is 16.4. The number of halogens is 6. The van der Waals surface area contributed by atoms with E-state index in [2.05, 4.69) is 4.74 Å². The first-order chi connectivity index (χ1) is 9.11. The van der Waals surface area contributed by atoms with Crippen molar-refractivity contribution < 1.29 is 36.2 Å². The quantitative estimate of drug-likeness (QED) is 0.670. The van der Waals surface area contributed by atoms with Crippen molar-refractivity contribution in [2.75, 3.05) is 13.2 Å². The van der Waals surface area contributed by atoms with Gasteiger partial charge in [-0.3, -0.25) is 0 Å². The Balaban J connectivity index is 2.96. The third-order valence-electron chi connectivity index (χ3n) is 2.14. The topological polar surface area (TPSA) is 29.5 Å². The number of aliphatic hydroxyl groups excluding tert-OH is 1. The Bertz CT molecular complexity index is 461. The van der Waals surface area contributed by atoms with Crippen molar-refractivity contribution in [3.05, 3.63) is 41.7 Å². The van der Waals surface area contributed by atoms with Gasteiger partial charge in [0.15, 0.2) is 0 Å². The third-order valence-corrected chi connectivity index (χ3v) is 2.14. The molecule has 2 nitrogen and oxygen atoms in total. The van der Waals surface area contributed by atoms with Crippen LogP contribution in [0, 0.1) is 0 Å². The highest BCUT2D eigenvalue weighted by molar-refractivity contribution is 5.71. The van der Waals surface area contributed by atoms with E-state index in [1.807, 2.05) is 0 Å². The van der Waals surface area contributed by atoms with Crippen LogP contribution >= 0.6 is 0 Å². The molecule has 112 valence electrons. The van der Waals surface area contributed by atoms with Gasteiger partial charge in [-0.15, -0.1) is 0 Å². The molecule has 0 atom stereocenters. The average Bonchev–Trinajstić information content (AvgIpc) is 2.26. The van der Waals surface area contributed by atoms with Crippen LogP contribution in [0.2, 0.25) is 0 Å². The Hall–Kier alpha value is -1.70. The van der Waals surface area contributed by atoms with E-state index in [4.69, 9.17) is 0 Å². The maximum atomic E-state index is 12.8. The Morgan fingerprint density at radius 3 is 2.00 bits per heavy atom. The van der Waals surface area contributed by atoms with Crippen molar-refractivity contribution in [1.82, 2.24) is 0 Å². The molecule has 1 aromatic rings. The van der Waals surface area contributed by atoms with Gasteiger partial charge in [-0.1, -0.05) is 30.3 Å². The molecule has 1 N–H and O–H groups in total. The summed E-state index contributed by atoms with van der Waals surface area (Å²) in [7, 11) is 0. The molecule has 0 aliphatic heterocycles. The molecule has 1 rings (SSSR count). The number of ether oxygens (including phenoxy) is 1. The summed E-state index contributed by atoms with van der Waals surface area (Å²) in [5.74, 6) is -1.30. The van der Waals surface area contributed by atoms with Crippen LogP contribution in [-0.4, -0.2) is 30.7 Å². The summed E-state index contributed by atoms with van der Waals surface area (Å²) in [5, 5.41) is 9.36. The van der Waals surface area contributed by atoms with Crippen LogP contribution in [0.1, 0.15) is 5.56 Å². The number of benzene rings is 1. The van der Waals surface area contributed by atoms with E-state index in [9.17, 15) is 31.4 Å². The van der Waals surface area contributed by atoms with Crippen LogP contribution in [0.5, 0.6) is 0 Å². The van der Waals surface area contributed by atoms with Gasteiger partial charge in [0.05, 0.1) is 0 Å². The molecule has 0 fully saturated rings. The lowest BCUT2D eigenvalue weighted by molar-refractivity contribution is -0.173. The van der Waals surface area contributed by atoms with Crippen LogP contribution in [0.25, 0.3) is 5.57 Å². The highest BCUT2D eigenvalue weighted by Gasteiger charge is 2.38. The predicted molar refractivity (Wildman–Crippen MR) is 58.9 cm³/mol. The van der Waals surface area contributed by atoms with Crippen LogP contribution < -0.4 is 0 Å². The van der Waals surface area contributed by atoms with E-state index in [0.717, 1.165) is 12.1 Å². The molecule has 0 aliphatic rings. The maximum Gasteiger partial charge on any atom is 0.420 e. The number of hydrogen-bond acceptors (Lipinski definition) is 2. The molecule has 0 saturated heterocycles. The van der Waals surface area contributed by atoms with Gasteiger partial charge in [0.2, 0.25) is 0 Å². The second-order valence-corrected chi connectivity index (χ2v) is 3.79. The molecule has 0 aromatic heterocycles. The van der Waals surface area contributed by atoms with Crippen molar-refractivity contribution in [1.29, 1.82) is 0 Å². The summed E-state index contributed by atoms with van der Waals surface area (Å²) in [6.45, 7) is -2.92. The molecule has 0 bridgehead atoms. The van der Waals surface area contributed by atoms with Gasteiger partial charge in [-0.25, -0.2) is 0 Å². The van der Waals surface area contributed by atoms with E-state index in [-0.39, 0.29) is 5.56 Å². The number of hydrogen-bond donors (Lipinski definition) is 1. The number of allylic oxidation sites excluding steroid dienone is 1. The zero-order chi connectivity index (χ0) is 15.4. The molecule has 0 amide bonds. The molecular formula is C12H10F6O2. The van der Waals surface area contributed by atoms with E-state index < -0.39 is 36.9 Å². The molecule has 0 spiro atoms. The van der Waals surface area contributed by atoms with Gasteiger partial charge in [-0.05, 0) is 5.56 Å². The second-order valence-electron chi connectivity index (χ2n) is 3.79. The summed E-state index contributed by atoms with van der Waals surface area (Å²) in [5.41, 5.74) is -1.77. The van der Waals surface area contributed by atoms with Crippen molar-refractivity contribution in [2.24, 2.45) is 0 Å². The van der Waals surface area contributed by atoms with Crippen molar-refractivity contribution >= 4 is 5.57 Å². The van der Waals surface area contributed by atoms with Crippen molar-refractivity contribution in [3.8, 4) is 0 Å². The minimum atomic E-state index is -4.91. The minimum absolute atomic E-state index is 0.354. The molecule has 0 aliphatic carbocycles. The average molecular weight is 300 g/mol. The van der Waals surface area contributed by atoms with Crippen LogP contribution in [-0.2, 0) is 4.74 Å². The molecule has 0 radical (unpaired) electrons. The van der Waals surface area contributed by atoms with Gasteiger partial charge < -0.3 is 9.84 Å². The molecule has 0 unspecified atom stereocenters. The number of aliphatic hydroxyl groups is 1. The summed E-state index contributed by atoms with van der Waals surface area (Å²) >= 11 is 0. The Kier molecular flexibility index (Phi) is 5.04. The fourth-order valence-corrected chi connectivity index (χ4v) is 1.43. The first-order valence-electron chi connectivity index (χ1n) is 5.30. The van der Waals surface area contributed by atoms with Gasteiger partial charge in [-0.2, -0.15) is 26.3 Å². The molecular weight excluding hydrogens is 290 g/mol. The predicted octanol–water partition coefficient (Wildman–Crippen LogP) is 4.10. The third kappa shape index (κ3) is 5.12. The summed E-state index contributed by atoms with van der Waals surface area (Å²) in [4.78, 5) is 0. The summed E-state index contributed by atoms with van der Waals surface area (Å²) < 4.78 is 77.9. The van der Waals surface area contributed by atoms with E-state index in [0.29, 0.717) is 0 Å². The smallest absolute Gasteiger partial charge is 0.420 e. The number of rotatable bonds is 4. The first-order valence-corrected chi connectivity index (χ1v) is 5.30. The van der Waals surface area contributed by atoms with Crippen molar-refractivity contribution in [3.63, 3.8) is 0 Å². The largest absolute Gasteiger partial charge is 0.509 e.